The van der Waals surface area contributed by atoms with Crippen molar-refractivity contribution >= 4 is 22.4 Å². The molecule has 0 amide bonds. The van der Waals surface area contributed by atoms with Crippen LogP contribution in [-0.4, -0.2) is 22.1 Å². The van der Waals surface area contributed by atoms with E-state index in [9.17, 15) is 9.90 Å². The van der Waals surface area contributed by atoms with Crippen LogP contribution in [0.2, 0.25) is 0 Å². The van der Waals surface area contributed by atoms with Gasteiger partial charge in [-0.1, -0.05) is 13.8 Å². The van der Waals surface area contributed by atoms with Crippen LogP contribution < -0.4 is 5.32 Å². The van der Waals surface area contributed by atoms with Crippen LogP contribution in [-0.2, 0) is 10.2 Å². The first-order valence-electron chi connectivity index (χ1n) is 7.25. The van der Waals surface area contributed by atoms with Gasteiger partial charge in [-0.3, -0.25) is 4.79 Å². The molecule has 0 aromatic carbocycles. The van der Waals surface area contributed by atoms with Gasteiger partial charge in [0.1, 0.15) is 5.41 Å². The first-order chi connectivity index (χ1) is 9.29. The van der Waals surface area contributed by atoms with Crippen LogP contribution in [0.1, 0.15) is 52.7 Å². The molecular weight excluding hydrogens is 272 g/mol. The van der Waals surface area contributed by atoms with E-state index in [1.807, 2.05) is 5.38 Å². The number of hydrogen-bond donors (Lipinski definition) is 2. The fourth-order valence-corrected chi connectivity index (χ4v) is 3.93. The highest BCUT2D eigenvalue weighted by atomic mass is 32.1. The van der Waals surface area contributed by atoms with Gasteiger partial charge in [0.15, 0.2) is 5.13 Å². The summed E-state index contributed by atoms with van der Waals surface area (Å²) in [6.45, 7) is 7.98. The second-order valence-corrected chi connectivity index (χ2v) is 7.58. The van der Waals surface area contributed by atoms with Gasteiger partial charge in [-0.15, -0.1) is 11.3 Å². The molecule has 2 N–H and O–H groups in total. The predicted molar refractivity (Wildman–Crippen MR) is 82.4 cm³/mol. The first kappa shape index (κ1) is 15.3. The molecule has 112 valence electrons. The van der Waals surface area contributed by atoms with Crippen LogP contribution >= 0.6 is 11.3 Å². The lowest BCUT2D eigenvalue weighted by Gasteiger charge is -2.31. The van der Waals surface area contributed by atoms with E-state index in [4.69, 9.17) is 0 Å². The first-order valence-corrected chi connectivity index (χ1v) is 8.13. The average molecular weight is 296 g/mol. The number of hydrogen-bond acceptors (Lipinski definition) is 4. The van der Waals surface area contributed by atoms with E-state index in [1.54, 1.807) is 13.8 Å². The summed E-state index contributed by atoms with van der Waals surface area (Å²) in [5, 5.41) is 15.4. The lowest BCUT2D eigenvalue weighted by Crippen LogP contribution is -2.31. The van der Waals surface area contributed by atoms with Crippen molar-refractivity contribution in [3.05, 3.63) is 11.1 Å². The van der Waals surface area contributed by atoms with Crippen LogP contribution in [0.3, 0.4) is 0 Å². The molecule has 0 aliphatic heterocycles. The van der Waals surface area contributed by atoms with Crippen LogP contribution in [0.25, 0.3) is 0 Å². The molecule has 1 aliphatic carbocycles. The molecule has 0 spiro atoms. The highest BCUT2D eigenvalue weighted by Crippen LogP contribution is 2.32. The minimum Gasteiger partial charge on any atom is -0.481 e. The Morgan fingerprint density at radius 2 is 1.95 bits per heavy atom. The monoisotopic (exact) mass is 296 g/mol. The summed E-state index contributed by atoms with van der Waals surface area (Å²) in [6, 6.07) is 0.459. The quantitative estimate of drug-likeness (QED) is 0.888. The molecule has 1 aromatic heterocycles. The highest BCUT2D eigenvalue weighted by molar-refractivity contribution is 7.13. The molecule has 20 heavy (non-hydrogen) atoms. The van der Waals surface area contributed by atoms with Crippen LogP contribution in [0.5, 0.6) is 0 Å². The van der Waals surface area contributed by atoms with Gasteiger partial charge in [0.2, 0.25) is 0 Å². The third-order valence-corrected chi connectivity index (χ3v) is 4.96. The second kappa shape index (κ2) is 5.72. The molecule has 1 fully saturated rings. The molecule has 1 aliphatic rings. The van der Waals surface area contributed by atoms with Crippen molar-refractivity contribution in [3.8, 4) is 0 Å². The molecule has 2 rings (SSSR count). The van der Waals surface area contributed by atoms with Crippen LogP contribution in [0.15, 0.2) is 5.38 Å². The average Bonchev–Trinajstić information content (AvgIpc) is 2.76. The lowest BCUT2D eigenvalue weighted by molar-refractivity contribution is -0.142. The number of carboxylic acid groups (broad SMARTS) is 1. The molecule has 4 nitrogen and oxygen atoms in total. The van der Waals surface area contributed by atoms with Crippen molar-refractivity contribution in [2.75, 3.05) is 5.32 Å². The third kappa shape index (κ3) is 3.32. The van der Waals surface area contributed by atoms with Crippen LogP contribution in [0.4, 0.5) is 5.13 Å². The maximum absolute atomic E-state index is 11.3. The van der Waals surface area contributed by atoms with Crippen molar-refractivity contribution in [1.82, 2.24) is 4.98 Å². The van der Waals surface area contributed by atoms with Gasteiger partial charge >= 0.3 is 5.97 Å². The summed E-state index contributed by atoms with van der Waals surface area (Å²) in [5.41, 5.74) is -0.293. The zero-order valence-corrected chi connectivity index (χ0v) is 13.5. The SMILES string of the molecule is CC1CC(C)CC(Nc2nc(C(C)(C)C(=O)O)cs2)C1. The summed E-state index contributed by atoms with van der Waals surface area (Å²) < 4.78 is 0. The molecule has 1 aromatic rings. The molecule has 0 saturated heterocycles. The third-order valence-electron chi connectivity index (χ3n) is 4.19. The number of aromatic nitrogens is 1. The van der Waals surface area contributed by atoms with E-state index in [1.165, 1.54) is 30.6 Å². The molecule has 2 atom stereocenters. The van der Waals surface area contributed by atoms with Crippen LogP contribution in [0, 0.1) is 11.8 Å². The number of rotatable bonds is 4. The van der Waals surface area contributed by atoms with Gasteiger partial charge < -0.3 is 10.4 Å². The van der Waals surface area contributed by atoms with Gasteiger partial charge in [-0.25, -0.2) is 4.98 Å². The summed E-state index contributed by atoms with van der Waals surface area (Å²) in [5.74, 6) is 0.645. The predicted octanol–water partition coefficient (Wildman–Crippen LogP) is 3.74. The van der Waals surface area contributed by atoms with E-state index in [-0.39, 0.29) is 0 Å². The fourth-order valence-electron chi connectivity index (χ4n) is 2.98. The summed E-state index contributed by atoms with van der Waals surface area (Å²) in [6.07, 6.45) is 3.64. The molecule has 1 heterocycles. The Kier molecular flexibility index (Phi) is 4.37. The molecule has 1 saturated carbocycles. The van der Waals surface area contributed by atoms with E-state index in [2.05, 4.69) is 24.1 Å². The van der Waals surface area contributed by atoms with Gasteiger partial charge in [-0.2, -0.15) is 0 Å². The van der Waals surface area contributed by atoms with Gasteiger partial charge in [0.05, 0.1) is 5.69 Å². The number of carboxylic acids is 1. The summed E-state index contributed by atoms with van der Waals surface area (Å²) >= 11 is 1.50. The topological polar surface area (TPSA) is 62.2 Å². The van der Waals surface area contributed by atoms with Crippen molar-refractivity contribution in [1.29, 1.82) is 0 Å². The smallest absolute Gasteiger partial charge is 0.315 e. The van der Waals surface area contributed by atoms with E-state index >= 15 is 0 Å². The summed E-state index contributed by atoms with van der Waals surface area (Å²) in [7, 11) is 0. The number of carbonyl (C=O) groups is 1. The zero-order valence-electron chi connectivity index (χ0n) is 12.6. The number of thiazole rings is 1. The minimum absolute atomic E-state index is 0.459. The largest absolute Gasteiger partial charge is 0.481 e. The van der Waals surface area contributed by atoms with Gasteiger partial charge in [-0.05, 0) is 44.9 Å². The Hall–Kier alpha value is -1.10. The number of nitrogens with zero attached hydrogens (tertiary/aromatic N) is 1. The Balaban J connectivity index is 2.05. The van der Waals surface area contributed by atoms with Crippen molar-refractivity contribution in [2.24, 2.45) is 11.8 Å². The zero-order chi connectivity index (χ0) is 14.9. The van der Waals surface area contributed by atoms with Gasteiger partial charge in [0.25, 0.3) is 0 Å². The van der Waals surface area contributed by atoms with Gasteiger partial charge in [0, 0.05) is 11.4 Å². The lowest BCUT2D eigenvalue weighted by atomic mass is 9.80. The number of anilines is 1. The molecule has 0 bridgehead atoms. The maximum Gasteiger partial charge on any atom is 0.315 e. The minimum atomic E-state index is -0.927. The maximum atomic E-state index is 11.3. The van der Waals surface area contributed by atoms with E-state index in [0.29, 0.717) is 11.7 Å². The van der Waals surface area contributed by atoms with E-state index in [0.717, 1.165) is 17.0 Å². The normalized spacial score (nSPS) is 27.3. The molecule has 0 radical (unpaired) electrons. The number of aliphatic carboxylic acids is 1. The highest BCUT2D eigenvalue weighted by Gasteiger charge is 2.32. The molecule has 2 unspecified atom stereocenters. The Bertz CT molecular complexity index is 474. The fraction of sp³-hybridized carbons (Fsp3) is 0.733. The molecule has 5 heteroatoms. The van der Waals surface area contributed by atoms with E-state index < -0.39 is 11.4 Å². The Labute approximate surface area is 124 Å². The standard InChI is InChI=1S/C15H24N2O2S/c1-9-5-10(2)7-11(6-9)16-14-17-12(8-20-14)15(3,4)13(18)19/h8-11H,5-7H2,1-4H3,(H,16,17)(H,18,19). The van der Waals surface area contributed by atoms with Crippen molar-refractivity contribution < 1.29 is 9.90 Å². The molecular formula is C15H24N2O2S. The summed E-state index contributed by atoms with van der Waals surface area (Å²) in [4.78, 5) is 15.7. The van der Waals surface area contributed by atoms with Crippen molar-refractivity contribution in [2.45, 2.75) is 58.4 Å². The number of nitrogens with one attached hydrogen (secondary N) is 1. The second-order valence-electron chi connectivity index (χ2n) is 6.73. The Morgan fingerprint density at radius 3 is 2.50 bits per heavy atom. The Morgan fingerprint density at radius 1 is 1.35 bits per heavy atom. The van der Waals surface area contributed by atoms with Crippen molar-refractivity contribution in [3.63, 3.8) is 0 Å².